The average molecular weight is 509 g/mol. The zero-order chi connectivity index (χ0) is 27.1. The van der Waals surface area contributed by atoms with Crippen LogP contribution in [0.1, 0.15) is 159 Å². The lowest BCUT2D eigenvalue weighted by Crippen LogP contribution is -2.52. The van der Waals surface area contributed by atoms with E-state index in [9.17, 15) is 0 Å². The highest BCUT2D eigenvalue weighted by Gasteiger charge is 2.60. The molecule has 212 valence electrons. The maximum atomic E-state index is 2.80. The summed E-state index contributed by atoms with van der Waals surface area (Å²) in [4.78, 5) is 0. The van der Waals surface area contributed by atoms with Gasteiger partial charge in [0.25, 0.3) is 0 Å². The number of rotatable bonds is 4. The van der Waals surface area contributed by atoms with Crippen LogP contribution in [0.15, 0.2) is 11.6 Å². The largest absolute Gasteiger partial charge is 0.0845 e. The van der Waals surface area contributed by atoms with Gasteiger partial charge < -0.3 is 0 Å². The van der Waals surface area contributed by atoms with Gasteiger partial charge in [0.15, 0.2) is 0 Å². The molecule has 5 aliphatic carbocycles. The SMILES string of the molecule is C[C@H](CCC1(C)CCC(C)(C)CC1)[C@H]1CC[C@H]2[C@@H]3CC=C4C[C@](C)(C(C)(C)C)CC[C@]4(C)[C@H]3CC[C@]12C. The molecular weight excluding hydrogens is 444 g/mol. The first-order valence-corrected chi connectivity index (χ1v) is 16.7. The third-order valence-electron chi connectivity index (χ3n) is 15.0. The van der Waals surface area contributed by atoms with Gasteiger partial charge in [-0.3, -0.25) is 0 Å². The lowest BCUT2D eigenvalue weighted by atomic mass is 9.44. The van der Waals surface area contributed by atoms with Crippen LogP contribution in [0.25, 0.3) is 0 Å². The maximum Gasteiger partial charge on any atom is -0.00849 e. The van der Waals surface area contributed by atoms with Gasteiger partial charge in [0.05, 0.1) is 0 Å². The molecule has 0 aliphatic heterocycles. The Hall–Kier alpha value is -0.260. The van der Waals surface area contributed by atoms with Crippen LogP contribution in [0.2, 0.25) is 0 Å². The lowest BCUT2D eigenvalue weighted by molar-refractivity contribution is -0.0670. The number of allylic oxidation sites excluding steroid dienone is 2. The highest BCUT2D eigenvalue weighted by molar-refractivity contribution is 5.27. The molecule has 0 bridgehead atoms. The first kappa shape index (κ1) is 28.3. The number of fused-ring (bicyclic) bond motifs is 5. The van der Waals surface area contributed by atoms with E-state index in [1.807, 2.05) is 5.57 Å². The van der Waals surface area contributed by atoms with Gasteiger partial charge in [-0.15, -0.1) is 0 Å². The summed E-state index contributed by atoms with van der Waals surface area (Å²) in [7, 11) is 0. The summed E-state index contributed by atoms with van der Waals surface area (Å²) in [6.07, 6.45) is 23.2. The highest BCUT2D eigenvalue weighted by atomic mass is 14.6. The Morgan fingerprint density at radius 2 is 1.49 bits per heavy atom. The zero-order valence-electron chi connectivity index (χ0n) is 26.9. The minimum Gasteiger partial charge on any atom is -0.0845 e. The number of hydrogen-bond donors (Lipinski definition) is 0. The summed E-state index contributed by atoms with van der Waals surface area (Å²) >= 11 is 0. The molecule has 0 heterocycles. The fourth-order valence-corrected chi connectivity index (χ4v) is 11.0. The molecule has 0 saturated heterocycles. The predicted molar refractivity (Wildman–Crippen MR) is 162 cm³/mol. The van der Waals surface area contributed by atoms with E-state index in [0.29, 0.717) is 32.5 Å². The van der Waals surface area contributed by atoms with E-state index in [-0.39, 0.29) is 0 Å². The lowest BCUT2D eigenvalue weighted by Gasteiger charge is -2.61. The van der Waals surface area contributed by atoms with Crippen molar-refractivity contribution in [3.05, 3.63) is 11.6 Å². The van der Waals surface area contributed by atoms with Gasteiger partial charge in [-0.05, 0) is 152 Å². The van der Waals surface area contributed by atoms with Gasteiger partial charge in [-0.1, -0.05) is 80.9 Å². The topological polar surface area (TPSA) is 0 Å². The van der Waals surface area contributed by atoms with Crippen molar-refractivity contribution in [2.75, 3.05) is 0 Å². The minimum absolute atomic E-state index is 0.400. The summed E-state index contributed by atoms with van der Waals surface area (Å²) in [5.74, 6) is 4.77. The highest BCUT2D eigenvalue weighted by Crippen LogP contribution is 2.69. The molecule has 5 rings (SSSR count). The fourth-order valence-electron chi connectivity index (χ4n) is 11.0. The molecule has 0 spiro atoms. The van der Waals surface area contributed by atoms with E-state index in [1.165, 1.54) is 89.9 Å². The Balaban J connectivity index is 1.27. The van der Waals surface area contributed by atoms with Crippen molar-refractivity contribution in [2.45, 2.75) is 159 Å². The maximum absolute atomic E-state index is 2.80. The summed E-state index contributed by atoms with van der Waals surface area (Å²) in [5, 5.41) is 0. The Kier molecular flexibility index (Phi) is 6.98. The van der Waals surface area contributed by atoms with Crippen LogP contribution >= 0.6 is 0 Å². The Bertz CT molecular complexity index is 872. The van der Waals surface area contributed by atoms with E-state index in [0.717, 1.165) is 29.6 Å². The molecule has 0 aromatic carbocycles. The van der Waals surface area contributed by atoms with Crippen molar-refractivity contribution in [3.8, 4) is 0 Å². The van der Waals surface area contributed by atoms with Crippen LogP contribution < -0.4 is 0 Å². The fraction of sp³-hybridized carbons (Fsp3) is 0.946. The van der Waals surface area contributed by atoms with Crippen LogP contribution in [0.5, 0.6) is 0 Å². The van der Waals surface area contributed by atoms with Crippen molar-refractivity contribution < 1.29 is 0 Å². The van der Waals surface area contributed by atoms with Crippen LogP contribution in [0, 0.1) is 62.1 Å². The van der Waals surface area contributed by atoms with Crippen LogP contribution in [0.3, 0.4) is 0 Å². The third kappa shape index (κ3) is 4.73. The standard InChI is InChI=1S/C37H64/c1-26(15-17-34(7)21-19-33(5,6)20-22-34)29-13-14-30-28-12-11-27-25-35(8,32(2,3)4)23-24-36(27,9)31(28)16-18-37(29,30)10/h11,26,28-31H,12-25H2,1-10H3/t26-,28+,29-,30+,31+,35-,36+,37-/m1/s1. The average Bonchev–Trinajstić information content (AvgIpc) is 3.17. The summed E-state index contributed by atoms with van der Waals surface area (Å²) in [6.45, 7) is 25.8. The van der Waals surface area contributed by atoms with Gasteiger partial charge in [0.2, 0.25) is 0 Å². The van der Waals surface area contributed by atoms with Gasteiger partial charge in [0, 0.05) is 0 Å². The van der Waals surface area contributed by atoms with Gasteiger partial charge in [0.1, 0.15) is 0 Å². The van der Waals surface area contributed by atoms with E-state index < -0.39 is 0 Å². The molecular formula is C37H64. The Labute approximate surface area is 232 Å². The minimum atomic E-state index is 0.400. The normalized spacial score (nSPS) is 45.8. The summed E-state index contributed by atoms with van der Waals surface area (Å²) < 4.78 is 0. The first-order valence-electron chi connectivity index (χ1n) is 16.7. The molecule has 8 atom stereocenters. The second kappa shape index (κ2) is 9.13. The second-order valence-corrected chi connectivity index (χ2v) is 18.5. The van der Waals surface area contributed by atoms with E-state index in [4.69, 9.17) is 0 Å². The van der Waals surface area contributed by atoms with E-state index in [1.54, 1.807) is 0 Å². The molecule has 4 saturated carbocycles. The van der Waals surface area contributed by atoms with E-state index in [2.05, 4.69) is 75.3 Å². The Morgan fingerprint density at radius 3 is 2.14 bits per heavy atom. The van der Waals surface area contributed by atoms with Crippen LogP contribution in [-0.4, -0.2) is 0 Å². The second-order valence-electron chi connectivity index (χ2n) is 18.5. The van der Waals surface area contributed by atoms with Crippen LogP contribution in [-0.2, 0) is 0 Å². The van der Waals surface area contributed by atoms with Crippen molar-refractivity contribution in [1.29, 1.82) is 0 Å². The molecule has 0 N–H and O–H groups in total. The van der Waals surface area contributed by atoms with Crippen LogP contribution in [0.4, 0.5) is 0 Å². The molecule has 0 aromatic rings. The molecule has 0 radical (unpaired) electrons. The monoisotopic (exact) mass is 509 g/mol. The molecule has 4 fully saturated rings. The molecule has 0 unspecified atom stereocenters. The molecule has 0 heteroatoms. The van der Waals surface area contributed by atoms with E-state index >= 15 is 0 Å². The first-order chi connectivity index (χ1) is 17.0. The quantitative estimate of drug-likeness (QED) is 0.331. The van der Waals surface area contributed by atoms with Crippen molar-refractivity contribution in [3.63, 3.8) is 0 Å². The molecule has 0 nitrogen and oxygen atoms in total. The smallest absolute Gasteiger partial charge is 0.00849 e. The Morgan fingerprint density at radius 1 is 0.811 bits per heavy atom. The molecule has 0 amide bonds. The van der Waals surface area contributed by atoms with Gasteiger partial charge in [-0.2, -0.15) is 0 Å². The summed E-state index contributed by atoms with van der Waals surface area (Å²) in [6, 6.07) is 0. The molecule has 5 aliphatic rings. The zero-order valence-corrected chi connectivity index (χ0v) is 26.9. The van der Waals surface area contributed by atoms with Crippen molar-refractivity contribution >= 4 is 0 Å². The van der Waals surface area contributed by atoms with Crippen molar-refractivity contribution in [1.82, 2.24) is 0 Å². The van der Waals surface area contributed by atoms with Gasteiger partial charge in [-0.25, -0.2) is 0 Å². The van der Waals surface area contributed by atoms with Gasteiger partial charge >= 0.3 is 0 Å². The third-order valence-corrected chi connectivity index (χ3v) is 15.0. The predicted octanol–water partition coefficient (Wildman–Crippen LogP) is 11.6. The number of hydrogen-bond acceptors (Lipinski definition) is 0. The molecule has 0 aromatic heterocycles. The molecule has 37 heavy (non-hydrogen) atoms. The van der Waals surface area contributed by atoms with Crippen molar-refractivity contribution in [2.24, 2.45) is 62.1 Å². The summed E-state index contributed by atoms with van der Waals surface area (Å²) in [5.41, 5.74) is 5.03.